The highest BCUT2D eigenvalue weighted by molar-refractivity contribution is 6.30. The van der Waals surface area contributed by atoms with Crippen molar-refractivity contribution in [3.8, 4) is 17.0 Å². The number of hydrogen-bond donors (Lipinski definition) is 1. The Balaban J connectivity index is 1.95. The first-order chi connectivity index (χ1) is 14.1. The summed E-state index contributed by atoms with van der Waals surface area (Å²) in [5, 5.41) is 13.2. The SMILES string of the molecule is COc1ccc([C@@H](C[N+](=O)[O-])c2c(-c3ccc(Cl)cc3)[nH]c3ccccc23)cc1. The van der Waals surface area contributed by atoms with E-state index in [1.165, 1.54) is 0 Å². The Hall–Kier alpha value is -3.31. The van der Waals surface area contributed by atoms with E-state index in [4.69, 9.17) is 16.3 Å². The van der Waals surface area contributed by atoms with Crippen LogP contribution in [0.25, 0.3) is 22.2 Å². The van der Waals surface area contributed by atoms with Gasteiger partial charge in [-0.15, -0.1) is 0 Å². The third-order valence-electron chi connectivity index (χ3n) is 5.08. The fourth-order valence-electron chi connectivity index (χ4n) is 3.72. The molecule has 1 aromatic heterocycles. The number of aromatic amines is 1. The van der Waals surface area contributed by atoms with Gasteiger partial charge in [0, 0.05) is 20.8 Å². The molecule has 1 heterocycles. The van der Waals surface area contributed by atoms with Crippen molar-refractivity contribution in [1.82, 2.24) is 4.98 Å². The van der Waals surface area contributed by atoms with Gasteiger partial charge in [-0.2, -0.15) is 0 Å². The highest BCUT2D eigenvalue weighted by atomic mass is 35.5. The van der Waals surface area contributed by atoms with E-state index in [9.17, 15) is 10.1 Å². The first-order valence-electron chi connectivity index (χ1n) is 9.19. The first kappa shape index (κ1) is 19.0. The smallest absolute Gasteiger partial charge is 0.214 e. The van der Waals surface area contributed by atoms with Crippen LogP contribution >= 0.6 is 11.6 Å². The summed E-state index contributed by atoms with van der Waals surface area (Å²) in [7, 11) is 1.60. The van der Waals surface area contributed by atoms with Crippen LogP contribution in [0.1, 0.15) is 17.0 Å². The van der Waals surface area contributed by atoms with Gasteiger partial charge in [0.05, 0.1) is 18.7 Å². The molecule has 6 heteroatoms. The minimum Gasteiger partial charge on any atom is -0.497 e. The van der Waals surface area contributed by atoms with Gasteiger partial charge in [0.1, 0.15) is 5.75 Å². The quantitative estimate of drug-likeness (QED) is 0.320. The van der Waals surface area contributed by atoms with Crippen LogP contribution < -0.4 is 4.74 Å². The van der Waals surface area contributed by atoms with E-state index in [-0.39, 0.29) is 11.5 Å². The summed E-state index contributed by atoms with van der Waals surface area (Å²) in [5.41, 5.74) is 4.51. The van der Waals surface area contributed by atoms with Crippen LogP contribution in [-0.4, -0.2) is 23.6 Å². The highest BCUT2D eigenvalue weighted by Gasteiger charge is 2.27. The molecule has 3 aromatic carbocycles. The number of nitrogens with one attached hydrogen (secondary N) is 1. The largest absolute Gasteiger partial charge is 0.497 e. The average Bonchev–Trinajstić information content (AvgIpc) is 3.12. The molecule has 5 nitrogen and oxygen atoms in total. The maximum Gasteiger partial charge on any atom is 0.214 e. The second kappa shape index (κ2) is 7.97. The second-order valence-corrected chi connectivity index (χ2v) is 7.24. The van der Waals surface area contributed by atoms with E-state index in [2.05, 4.69) is 4.98 Å². The lowest BCUT2D eigenvalue weighted by Gasteiger charge is -2.16. The molecule has 0 fully saturated rings. The van der Waals surface area contributed by atoms with Crippen LogP contribution in [0.5, 0.6) is 5.75 Å². The third-order valence-corrected chi connectivity index (χ3v) is 5.33. The fraction of sp³-hybridized carbons (Fsp3) is 0.130. The summed E-state index contributed by atoms with van der Waals surface area (Å²) >= 11 is 6.06. The summed E-state index contributed by atoms with van der Waals surface area (Å²) in [6, 6.07) is 22.8. The lowest BCUT2D eigenvalue weighted by Crippen LogP contribution is -2.14. The van der Waals surface area contributed by atoms with E-state index in [1.54, 1.807) is 7.11 Å². The number of halogens is 1. The Morgan fingerprint density at radius 2 is 1.72 bits per heavy atom. The molecule has 0 spiro atoms. The summed E-state index contributed by atoms with van der Waals surface area (Å²) in [5.74, 6) is 0.295. The normalized spacial score (nSPS) is 12.1. The maximum absolute atomic E-state index is 11.6. The van der Waals surface area contributed by atoms with Crippen molar-refractivity contribution < 1.29 is 9.66 Å². The van der Waals surface area contributed by atoms with E-state index in [0.29, 0.717) is 10.8 Å². The monoisotopic (exact) mass is 406 g/mol. The van der Waals surface area contributed by atoms with Gasteiger partial charge in [-0.1, -0.05) is 54.1 Å². The van der Waals surface area contributed by atoms with E-state index in [1.807, 2.05) is 72.8 Å². The van der Waals surface area contributed by atoms with Crippen LogP contribution in [-0.2, 0) is 0 Å². The second-order valence-electron chi connectivity index (χ2n) is 6.81. The van der Waals surface area contributed by atoms with Crippen LogP contribution in [0.15, 0.2) is 72.8 Å². The predicted molar refractivity (Wildman–Crippen MR) is 115 cm³/mol. The predicted octanol–water partition coefficient (Wildman–Crippen LogP) is 5.91. The molecular weight excluding hydrogens is 388 g/mol. The molecule has 1 N–H and O–H groups in total. The number of rotatable bonds is 6. The Bertz CT molecular complexity index is 1150. The molecule has 1 atom stereocenters. The van der Waals surface area contributed by atoms with Crippen molar-refractivity contribution >= 4 is 22.5 Å². The first-order valence-corrected chi connectivity index (χ1v) is 9.57. The number of nitrogens with zero attached hydrogens (tertiary/aromatic N) is 1. The third kappa shape index (κ3) is 3.82. The molecule has 0 aliphatic rings. The Labute approximate surface area is 173 Å². The Kier molecular flexibility index (Phi) is 5.23. The molecule has 0 bridgehead atoms. The number of para-hydroxylation sites is 1. The molecule has 146 valence electrons. The molecule has 0 amide bonds. The molecule has 0 radical (unpaired) electrons. The number of H-pyrrole nitrogens is 1. The zero-order valence-corrected chi connectivity index (χ0v) is 16.5. The van der Waals surface area contributed by atoms with Crippen molar-refractivity contribution in [2.75, 3.05) is 13.7 Å². The van der Waals surface area contributed by atoms with Crippen LogP contribution in [0, 0.1) is 10.1 Å². The zero-order valence-electron chi connectivity index (χ0n) is 15.8. The number of hydrogen-bond acceptors (Lipinski definition) is 3. The van der Waals surface area contributed by atoms with Crippen molar-refractivity contribution in [3.05, 3.63) is 99.1 Å². The zero-order chi connectivity index (χ0) is 20.4. The summed E-state index contributed by atoms with van der Waals surface area (Å²) in [6.45, 7) is -0.214. The van der Waals surface area contributed by atoms with Crippen molar-refractivity contribution in [3.63, 3.8) is 0 Å². The van der Waals surface area contributed by atoms with Gasteiger partial charge in [-0.25, -0.2) is 0 Å². The number of methoxy groups -OCH3 is 1. The minimum absolute atomic E-state index is 0.214. The van der Waals surface area contributed by atoms with E-state index >= 15 is 0 Å². The summed E-state index contributed by atoms with van der Waals surface area (Å²) in [6.07, 6.45) is 0. The van der Waals surface area contributed by atoms with Crippen LogP contribution in [0.4, 0.5) is 0 Å². The fourth-order valence-corrected chi connectivity index (χ4v) is 3.84. The number of fused-ring (bicyclic) bond motifs is 1. The van der Waals surface area contributed by atoms with Gasteiger partial charge in [-0.05, 0) is 47.0 Å². The standard InChI is InChI=1S/C23H19ClN2O3/c1-29-18-12-8-15(9-13-18)20(14-26(27)28)22-19-4-2-3-5-21(19)25-23(22)16-6-10-17(24)11-7-16/h2-13,20,25H,14H2,1H3/t20-/m1/s1. The molecule has 29 heavy (non-hydrogen) atoms. The molecule has 0 aliphatic carbocycles. The van der Waals surface area contributed by atoms with Crippen LogP contribution in [0.2, 0.25) is 5.02 Å². The van der Waals surface area contributed by atoms with Gasteiger partial charge < -0.3 is 9.72 Å². The molecule has 0 unspecified atom stereocenters. The minimum atomic E-state index is -0.419. The van der Waals surface area contributed by atoms with Gasteiger partial charge >= 0.3 is 0 Å². The average molecular weight is 407 g/mol. The van der Waals surface area contributed by atoms with Crippen molar-refractivity contribution in [2.45, 2.75) is 5.92 Å². The summed E-state index contributed by atoms with van der Waals surface area (Å²) in [4.78, 5) is 14.8. The summed E-state index contributed by atoms with van der Waals surface area (Å²) < 4.78 is 5.24. The molecule has 4 rings (SSSR count). The van der Waals surface area contributed by atoms with E-state index < -0.39 is 5.92 Å². The van der Waals surface area contributed by atoms with Crippen molar-refractivity contribution in [1.29, 1.82) is 0 Å². The van der Waals surface area contributed by atoms with Gasteiger partial charge in [-0.3, -0.25) is 10.1 Å². The van der Waals surface area contributed by atoms with Gasteiger partial charge in [0.25, 0.3) is 0 Å². The highest BCUT2D eigenvalue weighted by Crippen LogP contribution is 2.39. The number of aromatic nitrogens is 1. The number of ether oxygens (including phenoxy) is 1. The van der Waals surface area contributed by atoms with Crippen molar-refractivity contribution in [2.24, 2.45) is 0 Å². The van der Waals surface area contributed by atoms with Gasteiger partial charge in [0.2, 0.25) is 6.54 Å². The van der Waals surface area contributed by atoms with Crippen LogP contribution in [0.3, 0.4) is 0 Å². The number of benzene rings is 3. The lowest BCUT2D eigenvalue weighted by molar-refractivity contribution is -0.481. The molecule has 0 saturated heterocycles. The molecule has 0 saturated carbocycles. The topological polar surface area (TPSA) is 68.2 Å². The molecular formula is C23H19ClN2O3. The molecule has 0 aliphatic heterocycles. The van der Waals surface area contributed by atoms with E-state index in [0.717, 1.165) is 33.3 Å². The maximum atomic E-state index is 11.6. The Morgan fingerprint density at radius 3 is 2.38 bits per heavy atom. The lowest BCUT2D eigenvalue weighted by atomic mass is 9.87. The molecule has 4 aromatic rings. The number of nitro groups is 1. The Morgan fingerprint density at radius 1 is 1.03 bits per heavy atom. The van der Waals surface area contributed by atoms with Gasteiger partial charge in [0.15, 0.2) is 0 Å².